The number of aromatic nitrogens is 3. The van der Waals surface area contributed by atoms with Gasteiger partial charge in [0.15, 0.2) is 0 Å². The van der Waals surface area contributed by atoms with Crippen LogP contribution in [0.2, 0.25) is 10.0 Å². The van der Waals surface area contributed by atoms with Gasteiger partial charge in [0.1, 0.15) is 12.2 Å². The number of nitrogens with zero attached hydrogens (tertiary/aromatic N) is 3. The van der Waals surface area contributed by atoms with Crippen molar-refractivity contribution in [3.05, 3.63) is 46.0 Å². The van der Waals surface area contributed by atoms with Crippen LogP contribution < -0.4 is 5.32 Å². The molecule has 0 bridgehead atoms. The lowest BCUT2D eigenvalue weighted by Gasteiger charge is -2.16. The highest BCUT2D eigenvalue weighted by Gasteiger charge is 2.13. The van der Waals surface area contributed by atoms with E-state index in [2.05, 4.69) is 22.3 Å². The molecule has 0 radical (unpaired) electrons. The Kier molecular flexibility index (Phi) is 6.03. The number of nitrogens with one attached hydrogen (secondary N) is 1. The number of rotatable bonds is 7. The minimum Gasteiger partial charge on any atom is -0.316 e. The molecule has 1 atom stereocenters. The lowest BCUT2D eigenvalue weighted by Crippen LogP contribution is -2.31. The van der Waals surface area contributed by atoms with Crippen LogP contribution in [0.4, 0.5) is 0 Å². The van der Waals surface area contributed by atoms with E-state index in [9.17, 15) is 0 Å². The molecule has 0 spiro atoms. The molecule has 0 aliphatic heterocycles. The topological polar surface area (TPSA) is 42.7 Å². The molecular weight excluding hydrogens is 307 g/mol. The van der Waals surface area contributed by atoms with Crippen LogP contribution in [0.3, 0.4) is 0 Å². The third-order valence-electron chi connectivity index (χ3n) is 3.43. The van der Waals surface area contributed by atoms with Crippen molar-refractivity contribution in [1.82, 2.24) is 20.1 Å². The predicted octanol–water partition coefficient (Wildman–Crippen LogP) is 3.37. The van der Waals surface area contributed by atoms with Crippen molar-refractivity contribution in [3.8, 4) is 0 Å². The lowest BCUT2D eigenvalue weighted by atomic mass is 10.0. The minimum atomic E-state index is 0.280. The maximum absolute atomic E-state index is 6.07. The summed E-state index contributed by atoms with van der Waals surface area (Å²) in [6.07, 6.45) is 4.37. The SMILES string of the molecule is CCCn1ncnc1CC(Cc1ccc(Cl)c(Cl)c1)NC. The zero-order valence-corrected chi connectivity index (χ0v) is 13.8. The fourth-order valence-electron chi connectivity index (χ4n) is 2.29. The van der Waals surface area contributed by atoms with E-state index in [4.69, 9.17) is 23.2 Å². The molecule has 114 valence electrons. The lowest BCUT2D eigenvalue weighted by molar-refractivity contribution is 0.501. The average molecular weight is 327 g/mol. The highest BCUT2D eigenvalue weighted by Crippen LogP contribution is 2.23. The molecule has 1 aromatic heterocycles. The summed E-state index contributed by atoms with van der Waals surface area (Å²) >= 11 is 12.0. The molecule has 1 N–H and O–H groups in total. The summed E-state index contributed by atoms with van der Waals surface area (Å²) in [5, 5.41) is 8.78. The van der Waals surface area contributed by atoms with Crippen LogP contribution in [0.1, 0.15) is 24.7 Å². The van der Waals surface area contributed by atoms with Crippen LogP contribution in [-0.2, 0) is 19.4 Å². The molecule has 0 aliphatic carbocycles. The van der Waals surface area contributed by atoms with E-state index in [1.165, 1.54) is 0 Å². The van der Waals surface area contributed by atoms with Crippen molar-refractivity contribution in [1.29, 1.82) is 0 Å². The summed E-state index contributed by atoms with van der Waals surface area (Å²) in [6, 6.07) is 6.05. The Morgan fingerprint density at radius 1 is 1.24 bits per heavy atom. The summed E-state index contributed by atoms with van der Waals surface area (Å²) in [5.74, 6) is 1.01. The van der Waals surface area contributed by atoms with E-state index in [1.807, 2.05) is 29.9 Å². The first-order valence-corrected chi connectivity index (χ1v) is 7.87. The summed E-state index contributed by atoms with van der Waals surface area (Å²) in [5.41, 5.74) is 1.16. The summed E-state index contributed by atoms with van der Waals surface area (Å²) in [7, 11) is 1.96. The molecule has 4 nitrogen and oxygen atoms in total. The van der Waals surface area contributed by atoms with Gasteiger partial charge in [-0.1, -0.05) is 36.2 Å². The Morgan fingerprint density at radius 2 is 2.05 bits per heavy atom. The Balaban J connectivity index is 2.05. The highest BCUT2D eigenvalue weighted by atomic mass is 35.5. The van der Waals surface area contributed by atoms with Gasteiger partial charge in [0.05, 0.1) is 10.0 Å². The van der Waals surface area contributed by atoms with Crippen molar-refractivity contribution < 1.29 is 0 Å². The Hall–Kier alpha value is -1.10. The van der Waals surface area contributed by atoms with Gasteiger partial charge in [-0.25, -0.2) is 4.98 Å². The standard InChI is InChI=1S/C15H20Cl2N4/c1-3-6-21-15(19-10-20-21)9-12(18-2)7-11-4-5-13(16)14(17)8-11/h4-5,8,10,12,18H,3,6-7,9H2,1-2H3. The first-order chi connectivity index (χ1) is 10.1. The maximum Gasteiger partial charge on any atom is 0.138 e. The van der Waals surface area contributed by atoms with Gasteiger partial charge >= 0.3 is 0 Å². The third kappa shape index (κ3) is 4.43. The molecule has 0 fully saturated rings. The second-order valence-corrected chi connectivity index (χ2v) is 5.86. The number of benzene rings is 1. The molecule has 1 unspecified atom stereocenters. The Morgan fingerprint density at radius 3 is 2.71 bits per heavy atom. The molecule has 2 rings (SSSR count). The van der Waals surface area contributed by atoms with Crippen molar-refractivity contribution in [2.24, 2.45) is 0 Å². The minimum absolute atomic E-state index is 0.280. The highest BCUT2D eigenvalue weighted by molar-refractivity contribution is 6.42. The zero-order chi connectivity index (χ0) is 15.2. The van der Waals surface area contributed by atoms with Crippen molar-refractivity contribution in [3.63, 3.8) is 0 Å². The van der Waals surface area contributed by atoms with Gasteiger partial charge in [0.2, 0.25) is 0 Å². The second-order valence-electron chi connectivity index (χ2n) is 5.04. The summed E-state index contributed by atoms with van der Waals surface area (Å²) < 4.78 is 1.97. The first-order valence-electron chi connectivity index (χ1n) is 7.12. The van der Waals surface area contributed by atoms with Crippen LogP contribution in [0.15, 0.2) is 24.5 Å². The van der Waals surface area contributed by atoms with E-state index < -0.39 is 0 Å². The van der Waals surface area contributed by atoms with E-state index >= 15 is 0 Å². The largest absolute Gasteiger partial charge is 0.316 e. The van der Waals surface area contributed by atoms with Gasteiger partial charge in [0, 0.05) is 19.0 Å². The quantitative estimate of drug-likeness (QED) is 0.848. The molecule has 6 heteroatoms. The van der Waals surface area contributed by atoms with E-state index in [-0.39, 0.29) is 6.04 Å². The first kappa shape index (κ1) is 16.3. The zero-order valence-electron chi connectivity index (χ0n) is 12.3. The van der Waals surface area contributed by atoms with Crippen molar-refractivity contribution in [2.75, 3.05) is 7.05 Å². The predicted molar refractivity (Wildman–Crippen MR) is 87.0 cm³/mol. The molecule has 1 aromatic carbocycles. The van der Waals surface area contributed by atoms with Crippen LogP contribution >= 0.6 is 23.2 Å². The van der Waals surface area contributed by atoms with E-state index in [0.29, 0.717) is 10.0 Å². The monoisotopic (exact) mass is 326 g/mol. The van der Waals surface area contributed by atoms with Gasteiger partial charge in [0.25, 0.3) is 0 Å². The molecule has 2 aromatic rings. The number of hydrogen-bond donors (Lipinski definition) is 1. The summed E-state index contributed by atoms with van der Waals surface area (Å²) in [4.78, 5) is 4.36. The van der Waals surface area contributed by atoms with Gasteiger partial charge in [-0.05, 0) is 37.6 Å². The molecule has 1 heterocycles. The normalized spacial score (nSPS) is 12.6. The van der Waals surface area contributed by atoms with Crippen LogP contribution in [0.25, 0.3) is 0 Å². The fourth-order valence-corrected chi connectivity index (χ4v) is 2.61. The second kappa shape index (κ2) is 7.78. The Bertz CT molecular complexity index is 583. The molecule has 0 amide bonds. The number of aryl methyl sites for hydroxylation is 1. The number of likely N-dealkylation sites (N-methyl/N-ethyl adjacent to an activating group) is 1. The van der Waals surface area contributed by atoms with Crippen LogP contribution in [-0.4, -0.2) is 27.9 Å². The van der Waals surface area contributed by atoms with E-state index in [0.717, 1.165) is 37.2 Å². The van der Waals surface area contributed by atoms with Gasteiger partial charge in [-0.2, -0.15) is 5.10 Å². The third-order valence-corrected chi connectivity index (χ3v) is 4.17. The molecular formula is C15H20Cl2N4. The fraction of sp³-hybridized carbons (Fsp3) is 0.467. The Labute approximate surface area is 135 Å². The van der Waals surface area contributed by atoms with Gasteiger partial charge in [-0.15, -0.1) is 0 Å². The number of halogens is 2. The van der Waals surface area contributed by atoms with Crippen LogP contribution in [0, 0.1) is 0 Å². The van der Waals surface area contributed by atoms with E-state index in [1.54, 1.807) is 6.33 Å². The van der Waals surface area contributed by atoms with Gasteiger partial charge in [-0.3, -0.25) is 4.68 Å². The smallest absolute Gasteiger partial charge is 0.138 e. The summed E-state index contributed by atoms with van der Waals surface area (Å²) in [6.45, 7) is 3.04. The maximum atomic E-state index is 6.07. The van der Waals surface area contributed by atoms with Crippen molar-refractivity contribution >= 4 is 23.2 Å². The van der Waals surface area contributed by atoms with Crippen LogP contribution in [0.5, 0.6) is 0 Å². The van der Waals surface area contributed by atoms with Crippen molar-refractivity contribution in [2.45, 2.75) is 38.8 Å². The average Bonchev–Trinajstić information content (AvgIpc) is 2.90. The van der Waals surface area contributed by atoms with Gasteiger partial charge < -0.3 is 5.32 Å². The molecule has 0 saturated carbocycles. The molecule has 0 saturated heterocycles. The number of hydrogen-bond acceptors (Lipinski definition) is 3. The molecule has 0 aliphatic rings. The molecule has 21 heavy (non-hydrogen) atoms.